The van der Waals surface area contributed by atoms with Gasteiger partial charge in [-0.3, -0.25) is 4.79 Å². The van der Waals surface area contributed by atoms with Crippen molar-refractivity contribution in [2.45, 2.75) is 50.5 Å². The van der Waals surface area contributed by atoms with Gasteiger partial charge in [0.1, 0.15) is 0 Å². The summed E-state index contributed by atoms with van der Waals surface area (Å²) in [6.07, 6.45) is 3.01. The van der Waals surface area contributed by atoms with Crippen molar-refractivity contribution in [3.63, 3.8) is 0 Å². The Balaban J connectivity index is 2.14. The summed E-state index contributed by atoms with van der Waals surface area (Å²) in [6.45, 7) is 5.40. The van der Waals surface area contributed by atoms with Crippen LogP contribution < -0.4 is 5.32 Å². The number of hydrogen-bond acceptors (Lipinski definition) is 3. The minimum Gasteiger partial charge on any atom is -0.350 e. The number of nitrogens with one attached hydrogen (secondary N) is 1. The monoisotopic (exact) mass is 324 g/mol. The maximum atomic E-state index is 12.6. The first kappa shape index (κ1) is 17.0. The van der Waals surface area contributed by atoms with E-state index in [-0.39, 0.29) is 22.9 Å². The first-order chi connectivity index (χ1) is 10.1. The molecule has 1 amide bonds. The number of carbonyl (C=O) groups excluding carboxylic acids is 1. The van der Waals surface area contributed by atoms with E-state index in [1.54, 1.807) is 12.1 Å². The van der Waals surface area contributed by atoms with Gasteiger partial charge in [-0.2, -0.15) is 4.31 Å². The summed E-state index contributed by atoms with van der Waals surface area (Å²) in [5.41, 5.74) is 1.95. The van der Waals surface area contributed by atoms with Crippen molar-refractivity contribution in [3.05, 3.63) is 29.3 Å². The standard InChI is InChI=1S/C16H24N2O3S/c1-16(2,3)17-15(19)11-18(4)22(20,21)14-9-8-12-6-5-7-13(12)10-14/h8-10H,5-7,11H2,1-4H3,(H,17,19). The molecule has 6 heteroatoms. The second-order valence-electron chi connectivity index (χ2n) is 6.84. The molecule has 0 aromatic heterocycles. The Morgan fingerprint density at radius 2 is 1.86 bits per heavy atom. The third-order valence-corrected chi connectivity index (χ3v) is 5.46. The maximum Gasteiger partial charge on any atom is 0.243 e. The molecular weight excluding hydrogens is 300 g/mol. The number of carbonyl (C=O) groups is 1. The second-order valence-corrected chi connectivity index (χ2v) is 8.89. The van der Waals surface area contributed by atoms with Crippen molar-refractivity contribution in [1.82, 2.24) is 9.62 Å². The van der Waals surface area contributed by atoms with Crippen molar-refractivity contribution in [3.8, 4) is 0 Å². The van der Waals surface area contributed by atoms with E-state index in [2.05, 4.69) is 5.32 Å². The van der Waals surface area contributed by atoms with Gasteiger partial charge in [-0.1, -0.05) is 6.07 Å². The van der Waals surface area contributed by atoms with E-state index in [0.29, 0.717) is 0 Å². The number of benzene rings is 1. The van der Waals surface area contributed by atoms with Crippen molar-refractivity contribution in [1.29, 1.82) is 0 Å². The van der Waals surface area contributed by atoms with Crippen molar-refractivity contribution in [2.75, 3.05) is 13.6 Å². The molecule has 0 bridgehead atoms. The number of likely N-dealkylation sites (N-methyl/N-ethyl adjacent to an activating group) is 1. The molecular formula is C16H24N2O3S. The first-order valence-corrected chi connectivity index (χ1v) is 8.93. The normalized spacial score (nSPS) is 15.0. The van der Waals surface area contributed by atoms with Crippen LogP contribution in [0, 0.1) is 0 Å². The number of amides is 1. The van der Waals surface area contributed by atoms with Crippen molar-refractivity contribution < 1.29 is 13.2 Å². The summed E-state index contributed by atoms with van der Waals surface area (Å²) in [4.78, 5) is 12.2. The van der Waals surface area contributed by atoms with Gasteiger partial charge in [0.15, 0.2) is 0 Å². The number of aryl methyl sites for hydroxylation is 2. The van der Waals surface area contributed by atoms with Crippen LogP contribution in [0.4, 0.5) is 0 Å². The fourth-order valence-electron chi connectivity index (χ4n) is 2.63. The molecule has 1 aromatic rings. The van der Waals surface area contributed by atoms with Gasteiger partial charge in [0.2, 0.25) is 15.9 Å². The molecule has 22 heavy (non-hydrogen) atoms. The zero-order valence-electron chi connectivity index (χ0n) is 13.6. The molecule has 0 spiro atoms. The van der Waals surface area contributed by atoms with Crippen LogP contribution in [0.2, 0.25) is 0 Å². The maximum absolute atomic E-state index is 12.6. The van der Waals surface area contributed by atoms with E-state index in [1.807, 2.05) is 26.8 Å². The number of rotatable bonds is 4. The number of nitrogens with zero attached hydrogens (tertiary/aromatic N) is 1. The van der Waals surface area contributed by atoms with Crippen LogP contribution in [0.5, 0.6) is 0 Å². The first-order valence-electron chi connectivity index (χ1n) is 7.49. The van der Waals surface area contributed by atoms with Crippen LogP contribution in [0.3, 0.4) is 0 Å². The molecule has 5 nitrogen and oxygen atoms in total. The van der Waals surface area contributed by atoms with Crippen LogP contribution in [0.15, 0.2) is 23.1 Å². The second kappa shape index (κ2) is 6.01. The zero-order chi connectivity index (χ0) is 16.5. The highest BCUT2D eigenvalue weighted by atomic mass is 32.2. The van der Waals surface area contributed by atoms with Gasteiger partial charge < -0.3 is 5.32 Å². The van der Waals surface area contributed by atoms with Crippen molar-refractivity contribution in [2.24, 2.45) is 0 Å². The Labute approximate surface area is 132 Å². The topological polar surface area (TPSA) is 66.5 Å². The average Bonchev–Trinajstić information content (AvgIpc) is 2.83. The number of fused-ring (bicyclic) bond motifs is 1. The Morgan fingerprint density at radius 1 is 1.23 bits per heavy atom. The molecule has 0 unspecified atom stereocenters. The Morgan fingerprint density at radius 3 is 2.50 bits per heavy atom. The van der Waals surface area contributed by atoms with Crippen LogP contribution >= 0.6 is 0 Å². The largest absolute Gasteiger partial charge is 0.350 e. The van der Waals surface area contributed by atoms with Gasteiger partial charge >= 0.3 is 0 Å². The highest BCUT2D eigenvalue weighted by Crippen LogP contribution is 2.25. The highest BCUT2D eigenvalue weighted by Gasteiger charge is 2.25. The quantitative estimate of drug-likeness (QED) is 0.917. The molecule has 122 valence electrons. The molecule has 1 aliphatic carbocycles. The third-order valence-electron chi connectivity index (χ3n) is 3.66. The molecule has 0 fully saturated rings. The zero-order valence-corrected chi connectivity index (χ0v) is 14.5. The predicted molar refractivity (Wildman–Crippen MR) is 86.2 cm³/mol. The lowest BCUT2D eigenvalue weighted by Crippen LogP contribution is -2.46. The Hall–Kier alpha value is -1.40. The lowest BCUT2D eigenvalue weighted by Gasteiger charge is -2.23. The van der Waals surface area contributed by atoms with E-state index < -0.39 is 10.0 Å². The van der Waals surface area contributed by atoms with Gasteiger partial charge in [0.25, 0.3) is 0 Å². The van der Waals surface area contributed by atoms with Crippen LogP contribution in [0.1, 0.15) is 38.3 Å². The minimum atomic E-state index is -3.64. The molecule has 1 aliphatic rings. The molecule has 1 N–H and O–H groups in total. The molecule has 0 atom stereocenters. The highest BCUT2D eigenvalue weighted by molar-refractivity contribution is 7.89. The summed E-state index contributed by atoms with van der Waals surface area (Å²) in [5, 5.41) is 2.77. The van der Waals surface area contributed by atoms with Gasteiger partial charge in [-0.15, -0.1) is 0 Å². The van der Waals surface area contributed by atoms with Crippen LogP contribution in [-0.2, 0) is 27.7 Å². The minimum absolute atomic E-state index is 0.184. The van der Waals surface area contributed by atoms with E-state index in [0.717, 1.165) is 29.1 Å². The Kier molecular flexibility index (Phi) is 4.63. The summed E-state index contributed by atoms with van der Waals surface area (Å²) >= 11 is 0. The van der Waals surface area contributed by atoms with Gasteiger partial charge in [0, 0.05) is 12.6 Å². The molecule has 1 aromatic carbocycles. The number of sulfonamides is 1. The van der Waals surface area contributed by atoms with E-state index in [4.69, 9.17) is 0 Å². The lowest BCUT2D eigenvalue weighted by molar-refractivity contribution is -0.122. The van der Waals surface area contributed by atoms with Gasteiger partial charge in [-0.05, 0) is 63.3 Å². The van der Waals surface area contributed by atoms with E-state index >= 15 is 0 Å². The molecule has 0 radical (unpaired) electrons. The SMILES string of the molecule is CN(CC(=O)NC(C)(C)C)S(=O)(=O)c1ccc2c(c1)CCC2. The summed E-state index contributed by atoms with van der Waals surface area (Å²) in [5.74, 6) is -0.306. The molecule has 0 heterocycles. The lowest BCUT2D eigenvalue weighted by atomic mass is 10.1. The predicted octanol–water partition coefficient (Wildman–Crippen LogP) is 1.71. The summed E-state index contributed by atoms with van der Waals surface area (Å²) in [6, 6.07) is 5.27. The van der Waals surface area contributed by atoms with Crippen LogP contribution in [0.25, 0.3) is 0 Å². The third kappa shape index (κ3) is 3.87. The van der Waals surface area contributed by atoms with E-state index in [9.17, 15) is 13.2 Å². The number of hydrogen-bond donors (Lipinski definition) is 1. The van der Waals surface area contributed by atoms with Gasteiger partial charge in [0.05, 0.1) is 11.4 Å². The summed E-state index contributed by atoms with van der Waals surface area (Å²) in [7, 11) is -2.20. The Bertz CT molecular complexity index is 675. The van der Waals surface area contributed by atoms with E-state index in [1.165, 1.54) is 12.6 Å². The van der Waals surface area contributed by atoms with Gasteiger partial charge in [-0.25, -0.2) is 8.42 Å². The average molecular weight is 324 g/mol. The fraction of sp³-hybridized carbons (Fsp3) is 0.562. The molecule has 2 rings (SSSR count). The molecule has 0 aliphatic heterocycles. The molecule has 0 saturated carbocycles. The smallest absolute Gasteiger partial charge is 0.243 e. The van der Waals surface area contributed by atoms with Crippen LogP contribution in [-0.4, -0.2) is 37.8 Å². The summed E-state index contributed by atoms with van der Waals surface area (Å²) < 4.78 is 26.3. The van der Waals surface area contributed by atoms with Crippen molar-refractivity contribution >= 4 is 15.9 Å². The fourth-order valence-corrected chi connectivity index (χ4v) is 3.81. The molecule has 0 saturated heterocycles.